The normalized spacial score (nSPS) is 22.3. The first-order valence-electron chi connectivity index (χ1n) is 7.56. The summed E-state index contributed by atoms with van der Waals surface area (Å²) in [6.07, 6.45) is 3.39. The number of hydrogen-bond acceptors (Lipinski definition) is 3. The van der Waals surface area contributed by atoms with E-state index in [2.05, 4.69) is 19.2 Å². The van der Waals surface area contributed by atoms with Gasteiger partial charge in [0.05, 0.1) is 0 Å². The Hall–Kier alpha value is -0.390. The number of rotatable bonds is 7. The van der Waals surface area contributed by atoms with Crippen molar-refractivity contribution in [2.75, 3.05) is 6.54 Å². The standard InChI is InChI=1S/C15H26N2O3.Na/c1-5-7-10-17-13(19)15(6-2,9-8-11(3)4)12(18)16-14(17)20;/h11H,5-10H2,1-4H3,(H,16,18,20);. The number of hydrogen-bond donors (Lipinski definition) is 1. The molecule has 5 nitrogen and oxygen atoms in total. The molecule has 0 bridgehead atoms. The first kappa shape index (κ1) is 20.6. The molecular weight excluding hydrogens is 279 g/mol. The van der Waals surface area contributed by atoms with Crippen LogP contribution in [0.15, 0.2) is 0 Å². The van der Waals surface area contributed by atoms with Crippen LogP contribution >= 0.6 is 0 Å². The van der Waals surface area contributed by atoms with E-state index < -0.39 is 17.4 Å². The third-order valence-corrected chi connectivity index (χ3v) is 4.04. The van der Waals surface area contributed by atoms with Crippen LogP contribution in [0.25, 0.3) is 0 Å². The predicted molar refractivity (Wildman–Crippen MR) is 82.7 cm³/mol. The van der Waals surface area contributed by atoms with Crippen LogP contribution < -0.4 is 5.32 Å². The van der Waals surface area contributed by atoms with Crippen LogP contribution in [0.4, 0.5) is 4.79 Å². The van der Waals surface area contributed by atoms with E-state index in [4.69, 9.17) is 0 Å². The van der Waals surface area contributed by atoms with Gasteiger partial charge in [0.1, 0.15) is 5.41 Å². The summed E-state index contributed by atoms with van der Waals surface area (Å²) in [6, 6.07) is -0.568. The second kappa shape index (κ2) is 8.91. The molecule has 0 spiro atoms. The maximum Gasteiger partial charge on any atom is 0.330 e. The maximum absolute atomic E-state index is 12.7. The first-order chi connectivity index (χ1) is 9.39. The molecule has 0 aliphatic carbocycles. The predicted octanol–water partition coefficient (Wildman–Crippen LogP) is 2.32. The van der Waals surface area contributed by atoms with Crippen LogP contribution in [0.3, 0.4) is 0 Å². The number of nitrogens with zero attached hydrogens (tertiary/aromatic N) is 1. The molecule has 115 valence electrons. The number of barbiturate groups is 1. The quantitative estimate of drug-likeness (QED) is 0.580. The number of unbranched alkanes of at least 4 members (excludes halogenated alkanes) is 1. The van der Waals surface area contributed by atoms with Crippen molar-refractivity contribution in [3.8, 4) is 0 Å². The molecule has 1 atom stereocenters. The zero-order valence-corrected chi connectivity index (χ0v) is 16.0. The third-order valence-electron chi connectivity index (χ3n) is 4.04. The number of urea groups is 1. The van der Waals surface area contributed by atoms with Crippen LogP contribution in [-0.2, 0) is 9.59 Å². The number of imide groups is 2. The zero-order chi connectivity index (χ0) is 15.3. The molecule has 1 radical (unpaired) electrons. The molecule has 1 fully saturated rings. The molecule has 1 aliphatic heterocycles. The summed E-state index contributed by atoms with van der Waals surface area (Å²) < 4.78 is 0. The number of amides is 4. The summed E-state index contributed by atoms with van der Waals surface area (Å²) in [5.74, 6) is -0.327. The van der Waals surface area contributed by atoms with E-state index in [9.17, 15) is 14.4 Å². The first-order valence-corrected chi connectivity index (χ1v) is 7.56. The fraction of sp³-hybridized carbons (Fsp3) is 0.800. The monoisotopic (exact) mass is 305 g/mol. The van der Waals surface area contributed by atoms with Gasteiger partial charge in [0, 0.05) is 36.1 Å². The minimum Gasteiger partial charge on any atom is -0.277 e. The molecule has 0 aromatic carbocycles. The van der Waals surface area contributed by atoms with E-state index >= 15 is 0 Å². The summed E-state index contributed by atoms with van der Waals surface area (Å²) in [6.45, 7) is 8.36. The second-order valence-electron chi connectivity index (χ2n) is 5.94. The molecule has 1 aliphatic rings. The van der Waals surface area contributed by atoms with Crippen molar-refractivity contribution in [2.45, 2.75) is 59.8 Å². The van der Waals surface area contributed by atoms with Crippen molar-refractivity contribution in [3.63, 3.8) is 0 Å². The van der Waals surface area contributed by atoms with Crippen LogP contribution in [0.1, 0.15) is 59.8 Å². The summed E-state index contributed by atoms with van der Waals surface area (Å²) in [5, 5.41) is 2.36. The Balaban J connectivity index is 0.00000400. The van der Waals surface area contributed by atoms with Crippen molar-refractivity contribution >= 4 is 47.4 Å². The van der Waals surface area contributed by atoms with Gasteiger partial charge >= 0.3 is 6.03 Å². The summed E-state index contributed by atoms with van der Waals surface area (Å²) >= 11 is 0. The van der Waals surface area contributed by atoms with Crippen LogP contribution in [-0.4, -0.2) is 58.8 Å². The van der Waals surface area contributed by atoms with Gasteiger partial charge in [-0.2, -0.15) is 0 Å². The minimum atomic E-state index is -1.06. The topological polar surface area (TPSA) is 66.5 Å². The van der Waals surface area contributed by atoms with Gasteiger partial charge in [-0.3, -0.25) is 19.8 Å². The fourth-order valence-corrected chi connectivity index (χ4v) is 2.50. The van der Waals surface area contributed by atoms with Gasteiger partial charge in [-0.05, 0) is 31.6 Å². The van der Waals surface area contributed by atoms with E-state index in [1.165, 1.54) is 4.90 Å². The zero-order valence-electron chi connectivity index (χ0n) is 14.0. The maximum atomic E-state index is 12.7. The molecule has 1 unspecified atom stereocenters. The number of nitrogens with one attached hydrogen (secondary N) is 1. The largest absolute Gasteiger partial charge is 0.330 e. The van der Waals surface area contributed by atoms with E-state index in [1.807, 2.05) is 13.8 Å². The van der Waals surface area contributed by atoms with Gasteiger partial charge in [0.25, 0.3) is 0 Å². The molecule has 4 amide bonds. The average molecular weight is 305 g/mol. The van der Waals surface area contributed by atoms with Gasteiger partial charge in [0.2, 0.25) is 11.8 Å². The Morgan fingerprint density at radius 1 is 1.19 bits per heavy atom. The van der Waals surface area contributed by atoms with Gasteiger partial charge in [-0.25, -0.2) is 4.79 Å². The SMILES string of the molecule is CCCCN1C(=O)NC(=O)C(CC)(CCC(C)C)C1=O.[Na]. The molecule has 0 saturated carbocycles. The van der Waals surface area contributed by atoms with Gasteiger partial charge < -0.3 is 0 Å². The smallest absolute Gasteiger partial charge is 0.277 e. The van der Waals surface area contributed by atoms with Gasteiger partial charge in [-0.1, -0.05) is 34.1 Å². The Labute approximate surface area is 149 Å². The van der Waals surface area contributed by atoms with Gasteiger partial charge in [0.15, 0.2) is 0 Å². The molecule has 6 heteroatoms. The number of carbonyl (C=O) groups excluding carboxylic acids is 3. The number of carbonyl (C=O) groups is 3. The van der Waals surface area contributed by atoms with Gasteiger partial charge in [-0.15, -0.1) is 0 Å². The Morgan fingerprint density at radius 3 is 2.29 bits per heavy atom. The van der Waals surface area contributed by atoms with Crippen molar-refractivity contribution in [1.29, 1.82) is 0 Å². The average Bonchev–Trinajstić information content (AvgIpc) is 2.38. The van der Waals surface area contributed by atoms with E-state index in [1.54, 1.807) is 0 Å². The molecule has 0 aromatic rings. The summed E-state index contributed by atoms with van der Waals surface area (Å²) in [5.41, 5.74) is -1.06. The second-order valence-corrected chi connectivity index (χ2v) is 5.94. The van der Waals surface area contributed by atoms with Crippen molar-refractivity contribution in [1.82, 2.24) is 10.2 Å². The van der Waals surface area contributed by atoms with Crippen LogP contribution in [0, 0.1) is 11.3 Å². The minimum absolute atomic E-state index is 0. The Bertz CT molecular complexity index is 398. The molecule has 1 heterocycles. The molecule has 1 saturated heterocycles. The third kappa shape index (κ3) is 4.54. The molecule has 21 heavy (non-hydrogen) atoms. The van der Waals surface area contributed by atoms with Crippen molar-refractivity contribution < 1.29 is 14.4 Å². The van der Waals surface area contributed by atoms with E-state index in [0.717, 1.165) is 19.3 Å². The summed E-state index contributed by atoms with van der Waals surface area (Å²) in [7, 11) is 0. The molecular formula is C15H26N2NaO3. The Morgan fingerprint density at radius 2 is 1.81 bits per heavy atom. The molecule has 0 aromatic heterocycles. The molecule has 1 N–H and O–H groups in total. The van der Waals surface area contributed by atoms with Crippen LogP contribution in [0.5, 0.6) is 0 Å². The Kier molecular flexibility index (Phi) is 8.74. The van der Waals surface area contributed by atoms with E-state index in [0.29, 0.717) is 25.3 Å². The van der Waals surface area contributed by atoms with E-state index in [-0.39, 0.29) is 35.5 Å². The summed E-state index contributed by atoms with van der Waals surface area (Å²) in [4.78, 5) is 37.9. The fourth-order valence-electron chi connectivity index (χ4n) is 2.50. The van der Waals surface area contributed by atoms with Crippen LogP contribution in [0.2, 0.25) is 0 Å². The molecule has 1 rings (SSSR count). The van der Waals surface area contributed by atoms with Crippen molar-refractivity contribution in [2.24, 2.45) is 11.3 Å². The van der Waals surface area contributed by atoms with Crippen molar-refractivity contribution in [3.05, 3.63) is 0 Å².